The molecule has 0 spiro atoms. The molecule has 6 rings (SSSR count). The number of likely N-dealkylation sites (tertiary alicyclic amines) is 1. The minimum absolute atomic E-state index is 0.0479. The van der Waals surface area contributed by atoms with Gasteiger partial charge < -0.3 is 9.80 Å². The lowest BCUT2D eigenvalue weighted by atomic mass is 10.0. The molecule has 1 saturated heterocycles. The summed E-state index contributed by atoms with van der Waals surface area (Å²) >= 11 is 0. The van der Waals surface area contributed by atoms with Crippen LogP contribution in [-0.4, -0.2) is 55.6 Å². The number of fused-ring (bicyclic) bond motifs is 1. The van der Waals surface area contributed by atoms with Gasteiger partial charge in [-0.2, -0.15) is 18.3 Å². The molecule has 2 aromatic heterocycles. The first-order valence-corrected chi connectivity index (χ1v) is 12.8. The van der Waals surface area contributed by atoms with Crippen molar-refractivity contribution in [3.05, 3.63) is 89.3 Å². The van der Waals surface area contributed by atoms with Crippen LogP contribution >= 0.6 is 0 Å². The summed E-state index contributed by atoms with van der Waals surface area (Å²) in [6.45, 7) is 0.309. The van der Waals surface area contributed by atoms with Crippen LogP contribution in [0, 0.1) is 17.5 Å². The Labute approximate surface area is 234 Å². The first-order valence-electron chi connectivity index (χ1n) is 12.8. The molecule has 0 saturated carbocycles. The maximum absolute atomic E-state index is 14.6. The molecule has 0 bridgehead atoms. The number of hydrogen-bond donors (Lipinski definition) is 0. The van der Waals surface area contributed by atoms with Crippen LogP contribution in [0.1, 0.15) is 34.5 Å². The molecule has 2 aliphatic rings. The van der Waals surface area contributed by atoms with E-state index in [0.717, 1.165) is 16.8 Å². The quantitative estimate of drug-likeness (QED) is 0.316. The molecule has 2 aromatic carbocycles. The fraction of sp³-hybridized carbons (Fsp3) is 0.250. The Bertz CT molecular complexity index is 1700. The van der Waals surface area contributed by atoms with Gasteiger partial charge in [-0.05, 0) is 48.7 Å². The number of hydrogen-bond acceptors (Lipinski definition) is 5. The second-order valence-corrected chi connectivity index (χ2v) is 9.91. The summed E-state index contributed by atoms with van der Waals surface area (Å²) in [7, 11) is 0. The average molecular weight is 586 g/mol. The van der Waals surface area contributed by atoms with E-state index < -0.39 is 41.1 Å². The summed E-state index contributed by atoms with van der Waals surface area (Å²) in [4.78, 5) is 37.0. The van der Waals surface area contributed by atoms with Crippen molar-refractivity contribution in [2.75, 3.05) is 18.0 Å². The van der Waals surface area contributed by atoms with Crippen molar-refractivity contribution in [2.24, 2.45) is 0 Å². The summed E-state index contributed by atoms with van der Waals surface area (Å²) in [5.74, 6) is -4.50. The van der Waals surface area contributed by atoms with Gasteiger partial charge in [-0.3, -0.25) is 19.6 Å². The van der Waals surface area contributed by atoms with E-state index in [9.17, 15) is 35.9 Å². The van der Waals surface area contributed by atoms with Crippen LogP contribution in [-0.2, 0) is 17.4 Å². The monoisotopic (exact) mass is 586 g/mol. The van der Waals surface area contributed by atoms with E-state index in [-0.39, 0.29) is 66.7 Å². The highest BCUT2D eigenvalue weighted by molar-refractivity contribution is 6.02. The molecule has 2 amide bonds. The van der Waals surface area contributed by atoms with Crippen LogP contribution < -0.4 is 4.90 Å². The van der Waals surface area contributed by atoms with Gasteiger partial charge in [0, 0.05) is 31.5 Å². The molecule has 2 aliphatic heterocycles. The molecule has 216 valence electrons. The number of piperidine rings is 1. The molecule has 1 fully saturated rings. The van der Waals surface area contributed by atoms with E-state index in [1.165, 1.54) is 40.5 Å². The number of carbonyl (C=O) groups is 2. The molecular weight excluding hydrogens is 566 g/mol. The maximum Gasteiger partial charge on any atom is 0.419 e. The van der Waals surface area contributed by atoms with E-state index in [4.69, 9.17) is 0 Å². The number of carbonyl (C=O) groups excluding carboxylic acids is 2. The summed E-state index contributed by atoms with van der Waals surface area (Å²) in [5.41, 5.74) is -1.07. The van der Waals surface area contributed by atoms with E-state index >= 15 is 0 Å². The normalized spacial score (nSPS) is 15.8. The molecule has 0 radical (unpaired) electrons. The fourth-order valence-corrected chi connectivity index (χ4v) is 5.39. The third-order valence-corrected chi connectivity index (χ3v) is 7.37. The molecule has 4 heterocycles. The van der Waals surface area contributed by atoms with Crippen molar-refractivity contribution < 1.29 is 35.9 Å². The molecule has 42 heavy (non-hydrogen) atoms. The van der Waals surface area contributed by atoms with Crippen LogP contribution in [0.3, 0.4) is 0 Å². The predicted molar refractivity (Wildman–Crippen MR) is 136 cm³/mol. The highest BCUT2D eigenvalue weighted by atomic mass is 19.4. The second kappa shape index (κ2) is 10.3. The number of anilines is 1. The molecule has 0 atom stereocenters. The van der Waals surface area contributed by atoms with Gasteiger partial charge in [-0.25, -0.2) is 17.9 Å². The molecule has 8 nitrogen and oxygen atoms in total. The van der Waals surface area contributed by atoms with Gasteiger partial charge in [0.15, 0.2) is 17.3 Å². The zero-order valence-corrected chi connectivity index (χ0v) is 21.6. The lowest BCUT2D eigenvalue weighted by Gasteiger charge is -2.36. The molecule has 0 unspecified atom stereocenters. The van der Waals surface area contributed by atoms with Crippen LogP contribution in [0.5, 0.6) is 0 Å². The number of nitrogens with zero attached hydrogens (tertiary/aromatic N) is 6. The molecule has 0 N–H and O–H groups in total. The van der Waals surface area contributed by atoms with Gasteiger partial charge in [0.25, 0.3) is 5.91 Å². The Morgan fingerprint density at radius 2 is 1.69 bits per heavy atom. The number of aromatic nitrogens is 4. The Balaban J connectivity index is 1.28. The molecular formula is C28H20F6N6O2. The minimum atomic E-state index is -4.96. The predicted octanol–water partition coefficient (Wildman–Crippen LogP) is 4.96. The van der Waals surface area contributed by atoms with Crippen LogP contribution in [0.2, 0.25) is 0 Å². The number of amides is 2. The van der Waals surface area contributed by atoms with Crippen molar-refractivity contribution in [2.45, 2.75) is 31.5 Å². The van der Waals surface area contributed by atoms with Crippen molar-refractivity contribution in [3.8, 4) is 17.1 Å². The van der Waals surface area contributed by atoms with Crippen LogP contribution in [0.15, 0.2) is 55.0 Å². The smallest absolute Gasteiger partial charge is 0.337 e. The zero-order chi connectivity index (χ0) is 29.8. The third kappa shape index (κ3) is 4.76. The SMILES string of the molecule is O=C(c1cc(-c2cnccn2)n(-c2ccc(F)c(C(F)(F)F)c2)n1)N1CCC(N2C(=O)Cc3ccc(F)c(F)c32)CC1. The van der Waals surface area contributed by atoms with Crippen molar-refractivity contribution in [1.29, 1.82) is 0 Å². The van der Waals surface area contributed by atoms with Crippen LogP contribution in [0.25, 0.3) is 17.1 Å². The second-order valence-electron chi connectivity index (χ2n) is 9.91. The highest BCUT2D eigenvalue weighted by Crippen LogP contribution is 2.37. The summed E-state index contributed by atoms with van der Waals surface area (Å²) in [5, 5.41) is 4.26. The summed E-state index contributed by atoms with van der Waals surface area (Å²) < 4.78 is 83.8. The average Bonchev–Trinajstić information content (AvgIpc) is 3.57. The van der Waals surface area contributed by atoms with Gasteiger partial charge in [-0.1, -0.05) is 6.07 Å². The van der Waals surface area contributed by atoms with E-state index in [1.807, 2.05) is 0 Å². The van der Waals surface area contributed by atoms with Crippen LogP contribution in [0.4, 0.5) is 32.0 Å². The lowest BCUT2D eigenvalue weighted by molar-refractivity contribution is -0.140. The summed E-state index contributed by atoms with van der Waals surface area (Å²) in [6.07, 6.45) is -0.368. The first-order chi connectivity index (χ1) is 20.0. The summed E-state index contributed by atoms with van der Waals surface area (Å²) in [6, 6.07) is 5.61. The fourth-order valence-electron chi connectivity index (χ4n) is 5.39. The van der Waals surface area contributed by atoms with E-state index in [1.54, 1.807) is 0 Å². The molecule has 14 heteroatoms. The van der Waals surface area contributed by atoms with Crippen molar-refractivity contribution >= 4 is 17.5 Å². The lowest BCUT2D eigenvalue weighted by Crippen LogP contribution is -2.48. The van der Waals surface area contributed by atoms with Gasteiger partial charge in [-0.15, -0.1) is 0 Å². The van der Waals surface area contributed by atoms with Gasteiger partial charge in [0.1, 0.15) is 11.5 Å². The number of rotatable bonds is 4. The highest BCUT2D eigenvalue weighted by Gasteiger charge is 2.39. The maximum atomic E-state index is 14.6. The third-order valence-electron chi connectivity index (χ3n) is 7.37. The Morgan fingerprint density at radius 1 is 0.952 bits per heavy atom. The van der Waals surface area contributed by atoms with Gasteiger partial charge in [0.05, 0.1) is 35.2 Å². The Hall–Kier alpha value is -4.75. The standard InChI is InChI=1S/C28H20F6N6O2/c29-19-4-2-17(12-18(19)28(32,33)34)40-23(22-14-35-7-8-36-22)13-21(37-40)27(42)38-9-5-16(6-10-38)39-24(41)11-15-1-3-20(30)25(31)26(15)39/h1-4,7-8,12-14,16H,5-6,9-11H2. The van der Waals surface area contributed by atoms with Gasteiger partial charge >= 0.3 is 6.18 Å². The largest absolute Gasteiger partial charge is 0.419 e. The van der Waals surface area contributed by atoms with E-state index in [2.05, 4.69) is 15.1 Å². The Morgan fingerprint density at radius 3 is 2.38 bits per heavy atom. The number of halogens is 6. The van der Waals surface area contributed by atoms with Gasteiger partial charge in [0.2, 0.25) is 5.91 Å². The molecule has 0 aliphatic carbocycles. The number of benzene rings is 2. The Kier molecular flexibility index (Phi) is 6.70. The van der Waals surface area contributed by atoms with Crippen molar-refractivity contribution in [1.82, 2.24) is 24.6 Å². The zero-order valence-electron chi connectivity index (χ0n) is 21.6. The molecule has 4 aromatic rings. The number of alkyl halides is 3. The minimum Gasteiger partial charge on any atom is -0.337 e. The van der Waals surface area contributed by atoms with Crippen molar-refractivity contribution in [3.63, 3.8) is 0 Å². The van der Waals surface area contributed by atoms with E-state index in [0.29, 0.717) is 17.7 Å². The first kappa shape index (κ1) is 27.4. The topological polar surface area (TPSA) is 84.2 Å².